The average Bonchev–Trinajstić information content (AvgIpc) is 2.79. The van der Waals surface area contributed by atoms with E-state index in [1.807, 2.05) is 13.8 Å². The van der Waals surface area contributed by atoms with Crippen LogP contribution in [-0.2, 0) is 14.8 Å². The Balaban J connectivity index is 1.67. The van der Waals surface area contributed by atoms with E-state index >= 15 is 0 Å². The highest BCUT2D eigenvalue weighted by Gasteiger charge is 2.38. The van der Waals surface area contributed by atoms with Crippen molar-refractivity contribution in [3.63, 3.8) is 0 Å². The molecule has 0 radical (unpaired) electrons. The summed E-state index contributed by atoms with van der Waals surface area (Å²) in [4.78, 5) is 15.5. The Kier molecular flexibility index (Phi) is 7.90. The summed E-state index contributed by atoms with van der Waals surface area (Å²) >= 11 is 0. The number of morpholine rings is 1. The molecule has 0 bridgehead atoms. The molecule has 0 atom stereocenters. The summed E-state index contributed by atoms with van der Waals surface area (Å²) in [6.45, 7) is 8.41. The van der Waals surface area contributed by atoms with E-state index in [0.717, 1.165) is 39.1 Å². The van der Waals surface area contributed by atoms with Crippen molar-refractivity contribution in [3.05, 3.63) is 29.8 Å². The Labute approximate surface area is 180 Å². The normalized spacial score (nSPS) is 20.2. The van der Waals surface area contributed by atoms with E-state index in [4.69, 9.17) is 4.74 Å². The minimum absolute atomic E-state index is 0.00369. The number of rotatable bonds is 8. The van der Waals surface area contributed by atoms with Crippen LogP contribution in [0.4, 0.5) is 0 Å². The van der Waals surface area contributed by atoms with Gasteiger partial charge in [-0.3, -0.25) is 9.69 Å². The molecule has 3 rings (SSSR count). The van der Waals surface area contributed by atoms with Crippen LogP contribution < -0.4 is 5.32 Å². The summed E-state index contributed by atoms with van der Waals surface area (Å²) in [5.74, 6) is -0.153. The van der Waals surface area contributed by atoms with E-state index in [1.165, 1.54) is 35.7 Å². The molecular weight excluding hydrogens is 402 g/mol. The first kappa shape index (κ1) is 23.2. The first-order valence-electron chi connectivity index (χ1n) is 11.1. The predicted octanol–water partition coefficient (Wildman–Crippen LogP) is 2.48. The minimum Gasteiger partial charge on any atom is -0.379 e. The van der Waals surface area contributed by atoms with Gasteiger partial charge in [0.05, 0.1) is 18.1 Å². The Bertz CT molecular complexity index is 794. The van der Waals surface area contributed by atoms with E-state index in [1.54, 1.807) is 12.1 Å². The molecule has 2 aliphatic rings. The van der Waals surface area contributed by atoms with Crippen molar-refractivity contribution in [3.8, 4) is 0 Å². The lowest BCUT2D eigenvalue weighted by Crippen LogP contribution is -2.59. The zero-order valence-corrected chi connectivity index (χ0v) is 19.0. The first-order chi connectivity index (χ1) is 14.4. The molecule has 1 aliphatic carbocycles. The van der Waals surface area contributed by atoms with Crippen LogP contribution in [0.3, 0.4) is 0 Å². The molecule has 7 nitrogen and oxygen atoms in total. The van der Waals surface area contributed by atoms with Crippen molar-refractivity contribution < 1.29 is 17.9 Å². The maximum atomic E-state index is 12.8. The van der Waals surface area contributed by atoms with Crippen LogP contribution in [0.2, 0.25) is 0 Å². The second-order valence-electron chi connectivity index (χ2n) is 8.18. The predicted molar refractivity (Wildman–Crippen MR) is 117 cm³/mol. The topological polar surface area (TPSA) is 79.0 Å². The fourth-order valence-corrected chi connectivity index (χ4v) is 6.15. The van der Waals surface area contributed by atoms with Gasteiger partial charge in [-0.1, -0.05) is 33.1 Å². The third-order valence-electron chi connectivity index (χ3n) is 6.50. The molecule has 2 fully saturated rings. The maximum absolute atomic E-state index is 12.8. The summed E-state index contributed by atoms with van der Waals surface area (Å²) in [5.41, 5.74) is 0.491. The molecule has 168 valence electrons. The lowest BCUT2D eigenvalue weighted by atomic mass is 9.79. The number of hydrogen-bond acceptors (Lipinski definition) is 5. The number of nitrogens with one attached hydrogen (secondary N) is 1. The quantitative estimate of drug-likeness (QED) is 0.676. The van der Waals surface area contributed by atoms with Gasteiger partial charge >= 0.3 is 0 Å². The lowest BCUT2D eigenvalue weighted by Gasteiger charge is -2.48. The van der Waals surface area contributed by atoms with Gasteiger partial charge < -0.3 is 10.1 Å². The molecule has 1 saturated heterocycles. The number of carbonyl (C=O) groups is 1. The Hall–Kier alpha value is -1.48. The number of ether oxygens (including phenoxy) is 1. The van der Waals surface area contributed by atoms with Crippen LogP contribution in [0.25, 0.3) is 0 Å². The van der Waals surface area contributed by atoms with Crippen molar-refractivity contribution in [1.82, 2.24) is 14.5 Å². The maximum Gasteiger partial charge on any atom is 0.251 e. The largest absolute Gasteiger partial charge is 0.379 e. The molecule has 1 N–H and O–H groups in total. The smallest absolute Gasteiger partial charge is 0.251 e. The van der Waals surface area contributed by atoms with Crippen LogP contribution in [-0.4, -0.2) is 75.0 Å². The van der Waals surface area contributed by atoms with Gasteiger partial charge in [-0.15, -0.1) is 0 Å². The summed E-state index contributed by atoms with van der Waals surface area (Å²) < 4.78 is 32.2. The number of hydrogen-bond donors (Lipinski definition) is 1. The number of carbonyl (C=O) groups excluding carboxylic acids is 1. The van der Waals surface area contributed by atoms with Gasteiger partial charge in [0.2, 0.25) is 10.0 Å². The fraction of sp³-hybridized carbons (Fsp3) is 0.682. The number of nitrogens with zero attached hydrogens (tertiary/aromatic N) is 2. The third kappa shape index (κ3) is 5.04. The molecule has 1 aliphatic heterocycles. The van der Waals surface area contributed by atoms with Gasteiger partial charge in [0, 0.05) is 43.8 Å². The molecule has 0 unspecified atom stereocenters. The Morgan fingerprint density at radius 3 is 2.23 bits per heavy atom. The highest BCUT2D eigenvalue weighted by molar-refractivity contribution is 7.89. The second kappa shape index (κ2) is 10.2. The fourth-order valence-electron chi connectivity index (χ4n) is 4.69. The number of sulfonamides is 1. The highest BCUT2D eigenvalue weighted by Crippen LogP contribution is 2.34. The molecule has 1 aromatic carbocycles. The van der Waals surface area contributed by atoms with Gasteiger partial charge in [0.25, 0.3) is 5.91 Å². The van der Waals surface area contributed by atoms with Gasteiger partial charge in [0.1, 0.15) is 0 Å². The molecule has 1 amide bonds. The van der Waals surface area contributed by atoms with Crippen molar-refractivity contribution in [2.75, 3.05) is 45.9 Å². The number of benzene rings is 1. The lowest BCUT2D eigenvalue weighted by molar-refractivity contribution is -0.0361. The standard InChI is InChI=1S/C22H35N3O4S/c1-3-25(4-2)30(27,28)20-10-8-19(9-11-20)21(26)23-18-22(12-6-5-7-13-22)24-14-16-29-17-15-24/h8-11H,3-7,12-18H2,1-2H3,(H,23,26). The third-order valence-corrected chi connectivity index (χ3v) is 8.57. The molecule has 30 heavy (non-hydrogen) atoms. The summed E-state index contributed by atoms with van der Waals surface area (Å²) in [5, 5.41) is 3.13. The van der Waals surface area contributed by atoms with Crippen LogP contribution in [0, 0.1) is 0 Å². The second-order valence-corrected chi connectivity index (χ2v) is 10.1. The van der Waals surface area contributed by atoms with Crippen molar-refractivity contribution in [2.24, 2.45) is 0 Å². The Morgan fingerprint density at radius 2 is 1.67 bits per heavy atom. The van der Waals surface area contributed by atoms with E-state index < -0.39 is 10.0 Å². The number of amides is 1. The monoisotopic (exact) mass is 437 g/mol. The van der Waals surface area contributed by atoms with Gasteiger partial charge in [-0.25, -0.2) is 8.42 Å². The Morgan fingerprint density at radius 1 is 1.07 bits per heavy atom. The van der Waals surface area contributed by atoms with Gasteiger partial charge in [-0.05, 0) is 37.1 Å². The molecule has 0 aromatic heterocycles. The molecule has 8 heteroatoms. The van der Waals surface area contributed by atoms with E-state index in [0.29, 0.717) is 25.2 Å². The summed E-state index contributed by atoms with van der Waals surface area (Å²) in [7, 11) is -3.51. The highest BCUT2D eigenvalue weighted by atomic mass is 32.2. The van der Waals surface area contributed by atoms with Crippen LogP contribution in [0.15, 0.2) is 29.2 Å². The first-order valence-corrected chi connectivity index (χ1v) is 12.6. The van der Waals surface area contributed by atoms with Crippen LogP contribution in [0.5, 0.6) is 0 Å². The minimum atomic E-state index is -3.51. The van der Waals surface area contributed by atoms with Gasteiger partial charge in [0.15, 0.2) is 0 Å². The van der Waals surface area contributed by atoms with E-state index in [2.05, 4.69) is 10.2 Å². The zero-order valence-electron chi connectivity index (χ0n) is 18.2. The van der Waals surface area contributed by atoms with Crippen molar-refractivity contribution >= 4 is 15.9 Å². The SMILES string of the molecule is CCN(CC)S(=O)(=O)c1ccc(C(=O)NCC2(N3CCOCC3)CCCCC2)cc1. The molecule has 1 saturated carbocycles. The summed E-state index contributed by atoms with van der Waals surface area (Å²) in [6.07, 6.45) is 5.81. The average molecular weight is 438 g/mol. The van der Waals surface area contributed by atoms with Gasteiger partial charge in [-0.2, -0.15) is 4.31 Å². The molecule has 1 heterocycles. The van der Waals surface area contributed by atoms with E-state index in [-0.39, 0.29) is 16.3 Å². The molecule has 1 aromatic rings. The van der Waals surface area contributed by atoms with Crippen molar-refractivity contribution in [2.45, 2.75) is 56.4 Å². The summed E-state index contributed by atoms with van der Waals surface area (Å²) in [6, 6.07) is 6.27. The van der Waals surface area contributed by atoms with Crippen LogP contribution >= 0.6 is 0 Å². The zero-order chi connectivity index (χ0) is 21.6. The molecule has 0 spiro atoms. The molecular formula is C22H35N3O4S. The van der Waals surface area contributed by atoms with E-state index in [9.17, 15) is 13.2 Å². The van der Waals surface area contributed by atoms with Crippen LogP contribution in [0.1, 0.15) is 56.3 Å². The van der Waals surface area contributed by atoms with Crippen molar-refractivity contribution in [1.29, 1.82) is 0 Å².